The van der Waals surface area contributed by atoms with E-state index in [0.29, 0.717) is 11.1 Å². The third-order valence-electron chi connectivity index (χ3n) is 3.45. The fraction of sp³-hybridized carbons (Fsp3) is 0.235. The van der Waals surface area contributed by atoms with Gasteiger partial charge in [0.15, 0.2) is 11.5 Å². The number of phenols is 2. The lowest BCUT2D eigenvalue weighted by Crippen LogP contribution is -2.06. The summed E-state index contributed by atoms with van der Waals surface area (Å²) in [5.74, 6) is -1.65. The van der Waals surface area contributed by atoms with Crippen molar-refractivity contribution in [1.82, 2.24) is 0 Å². The Labute approximate surface area is 133 Å². The minimum atomic E-state index is -1.32. The van der Waals surface area contributed by atoms with Gasteiger partial charge in [0.05, 0.1) is 20.3 Å². The zero-order valence-electron chi connectivity index (χ0n) is 12.9. The average Bonchev–Trinajstić information content (AvgIpc) is 2.53. The summed E-state index contributed by atoms with van der Waals surface area (Å²) in [6, 6.07) is 8.79. The summed E-state index contributed by atoms with van der Waals surface area (Å²) in [6.45, 7) is 1.86. The number of rotatable bonds is 6. The number of hydrogen-bond acceptors (Lipinski definition) is 5. The third-order valence-corrected chi connectivity index (χ3v) is 3.45. The number of ether oxygens (including phenoxy) is 2. The molecule has 0 aliphatic rings. The first-order chi connectivity index (χ1) is 10.9. The molecule has 0 spiro atoms. The molecule has 0 saturated carbocycles. The molecule has 2 aromatic carbocycles. The van der Waals surface area contributed by atoms with Gasteiger partial charge in [0.1, 0.15) is 11.3 Å². The Hall–Kier alpha value is -2.73. The molecule has 23 heavy (non-hydrogen) atoms. The molecule has 0 amide bonds. The molecule has 0 heterocycles. The van der Waals surface area contributed by atoms with Crippen molar-refractivity contribution in [2.45, 2.75) is 20.1 Å². The normalized spacial score (nSPS) is 10.5. The van der Waals surface area contributed by atoms with Crippen molar-refractivity contribution in [3.8, 4) is 17.2 Å². The van der Waals surface area contributed by atoms with Crippen molar-refractivity contribution in [3.63, 3.8) is 0 Å². The summed E-state index contributed by atoms with van der Waals surface area (Å²) in [4.78, 5) is 11.3. The van der Waals surface area contributed by atoms with Crippen LogP contribution in [0.25, 0.3) is 0 Å². The number of phenolic OH excluding ortho intramolecular Hbond substituents is 1. The van der Waals surface area contributed by atoms with Crippen molar-refractivity contribution in [2.75, 3.05) is 7.11 Å². The van der Waals surface area contributed by atoms with E-state index in [1.54, 1.807) is 26.2 Å². The summed E-state index contributed by atoms with van der Waals surface area (Å²) >= 11 is 0. The standard InChI is InChI=1S/C17H18O6/c1-10-7-12(14(17(20)21)16(19)15(10)18)9-23-8-11-3-5-13(22-2)6-4-11/h3-7,18-19H,8-9H2,1-2H3,(H,20,21). The third kappa shape index (κ3) is 3.73. The van der Waals surface area contributed by atoms with Gasteiger partial charge >= 0.3 is 5.97 Å². The van der Waals surface area contributed by atoms with E-state index in [2.05, 4.69) is 0 Å². The SMILES string of the molecule is COc1ccc(COCc2cc(C)c(O)c(O)c2C(=O)O)cc1. The molecule has 0 unspecified atom stereocenters. The fourth-order valence-electron chi connectivity index (χ4n) is 2.21. The van der Waals surface area contributed by atoms with Crippen molar-refractivity contribution in [1.29, 1.82) is 0 Å². The van der Waals surface area contributed by atoms with Crippen LogP contribution in [0.2, 0.25) is 0 Å². The van der Waals surface area contributed by atoms with Gasteiger partial charge < -0.3 is 24.8 Å². The first-order valence-corrected chi connectivity index (χ1v) is 6.92. The molecule has 0 saturated heterocycles. The first kappa shape index (κ1) is 16.6. The maximum atomic E-state index is 11.3. The highest BCUT2D eigenvalue weighted by Gasteiger charge is 2.20. The number of carboxylic acid groups (broad SMARTS) is 1. The molecule has 0 atom stereocenters. The number of carboxylic acids is 1. The minimum Gasteiger partial charge on any atom is -0.504 e. The minimum absolute atomic E-state index is 0.00232. The second kappa shape index (κ2) is 7.02. The molecule has 3 N–H and O–H groups in total. The highest BCUT2D eigenvalue weighted by atomic mass is 16.5. The van der Waals surface area contributed by atoms with Crippen LogP contribution in [0.1, 0.15) is 27.0 Å². The molecule has 0 radical (unpaired) electrons. The van der Waals surface area contributed by atoms with Crippen molar-refractivity contribution in [3.05, 3.63) is 52.6 Å². The van der Waals surface area contributed by atoms with Crippen LogP contribution < -0.4 is 4.74 Å². The maximum Gasteiger partial charge on any atom is 0.339 e. The first-order valence-electron chi connectivity index (χ1n) is 6.92. The van der Waals surface area contributed by atoms with Gasteiger partial charge in [-0.1, -0.05) is 12.1 Å². The molecule has 0 fully saturated rings. The zero-order valence-corrected chi connectivity index (χ0v) is 12.9. The zero-order chi connectivity index (χ0) is 17.0. The number of methoxy groups -OCH3 is 1. The second-order valence-corrected chi connectivity index (χ2v) is 5.07. The van der Waals surface area contributed by atoms with Crippen molar-refractivity contribution in [2.24, 2.45) is 0 Å². The van der Waals surface area contributed by atoms with Crippen LogP contribution >= 0.6 is 0 Å². The van der Waals surface area contributed by atoms with Crippen LogP contribution in [0.3, 0.4) is 0 Å². The van der Waals surface area contributed by atoms with Gasteiger partial charge in [-0.2, -0.15) is 0 Å². The van der Waals surface area contributed by atoms with E-state index in [1.807, 2.05) is 12.1 Å². The molecule has 122 valence electrons. The Kier molecular flexibility index (Phi) is 5.08. The summed E-state index contributed by atoms with van der Waals surface area (Å²) in [5, 5.41) is 28.6. The molecule has 2 rings (SSSR count). The van der Waals surface area contributed by atoms with E-state index in [0.717, 1.165) is 11.3 Å². The van der Waals surface area contributed by atoms with Gasteiger partial charge in [-0.15, -0.1) is 0 Å². The average molecular weight is 318 g/mol. The number of aryl methyl sites for hydroxylation is 1. The van der Waals surface area contributed by atoms with Crippen LogP contribution in [-0.2, 0) is 18.0 Å². The summed E-state index contributed by atoms with van der Waals surface area (Å²) in [7, 11) is 1.58. The second-order valence-electron chi connectivity index (χ2n) is 5.07. The van der Waals surface area contributed by atoms with Crippen molar-refractivity contribution < 1.29 is 29.6 Å². The van der Waals surface area contributed by atoms with E-state index in [1.165, 1.54) is 6.07 Å². The Morgan fingerprint density at radius 3 is 2.30 bits per heavy atom. The summed E-state index contributed by atoms with van der Waals surface area (Å²) in [5.41, 5.74) is 1.25. The molecular weight excluding hydrogens is 300 g/mol. The van der Waals surface area contributed by atoms with Crippen molar-refractivity contribution >= 4 is 5.97 Å². The molecule has 6 nitrogen and oxygen atoms in total. The Morgan fingerprint density at radius 2 is 1.74 bits per heavy atom. The lowest BCUT2D eigenvalue weighted by molar-refractivity contribution is 0.0679. The Balaban J connectivity index is 2.12. The van der Waals surface area contributed by atoms with Gasteiger partial charge in [-0.3, -0.25) is 0 Å². The predicted octanol–water partition coefficient (Wildman–Crippen LogP) is 2.83. The highest BCUT2D eigenvalue weighted by molar-refractivity contribution is 5.93. The van der Waals surface area contributed by atoms with E-state index in [4.69, 9.17) is 9.47 Å². The molecule has 0 bridgehead atoms. The fourth-order valence-corrected chi connectivity index (χ4v) is 2.21. The van der Waals surface area contributed by atoms with Gasteiger partial charge in [0.25, 0.3) is 0 Å². The van der Waals surface area contributed by atoms with E-state index in [-0.39, 0.29) is 18.8 Å². The van der Waals surface area contributed by atoms with E-state index >= 15 is 0 Å². The van der Waals surface area contributed by atoms with Gasteiger partial charge in [0, 0.05) is 0 Å². The van der Waals surface area contributed by atoms with Gasteiger partial charge in [-0.25, -0.2) is 4.79 Å². The summed E-state index contributed by atoms with van der Waals surface area (Å²) < 4.78 is 10.6. The van der Waals surface area contributed by atoms with Crippen LogP contribution in [0.15, 0.2) is 30.3 Å². The maximum absolute atomic E-state index is 11.3. The topological polar surface area (TPSA) is 96.2 Å². The molecule has 6 heteroatoms. The molecular formula is C17H18O6. The number of aromatic carboxylic acids is 1. The largest absolute Gasteiger partial charge is 0.504 e. The van der Waals surface area contributed by atoms with Gasteiger partial charge in [0.2, 0.25) is 0 Å². The predicted molar refractivity (Wildman–Crippen MR) is 83.0 cm³/mol. The number of benzene rings is 2. The van der Waals surface area contributed by atoms with Crippen LogP contribution in [0.5, 0.6) is 17.2 Å². The van der Waals surface area contributed by atoms with Crippen LogP contribution in [0, 0.1) is 6.92 Å². The van der Waals surface area contributed by atoms with Crippen LogP contribution in [0.4, 0.5) is 0 Å². The molecule has 0 aliphatic heterocycles. The molecule has 0 aliphatic carbocycles. The number of hydrogen-bond donors (Lipinski definition) is 3. The Bertz CT molecular complexity index is 706. The monoisotopic (exact) mass is 318 g/mol. The van der Waals surface area contributed by atoms with E-state index in [9.17, 15) is 20.1 Å². The Morgan fingerprint density at radius 1 is 1.09 bits per heavy atom. The molecule has 0 aromatic heterocycles. The number of aromatic hydroxyl groups is 2. The lowest BCUT2D eigenvalue weighted by atomic mass is 10.0. The summed E-state index contributed by atoms with van der Waals surface area (Å²) in [6.07, 6.45) is 0. The van der Waals surface area contributed by atoms with Gasteiger partial charge in [-0.05, 0) is 41.8 Å². The van der Waals surface area contributed by atoms with E-state index < -0.39 is 17.5 Å². The smallest absolute Gasteiger partial charge is 0.339 e. The molecule has 2 aromatic rings. The lowest BCUT2D eigenvalue weighted by Gasteiger charge is -2.12. The number of carbonyl (C=O) groups is 1. The van der Waals surface area contributed by atoms with Crippen LogP contribution in [-0.4, -0.2) is 28.4 Å². The quantitative estimate of drug-likeness (QED) is 0.709. The highest BCUT2D eigenvalue weighted by Crippen LogP contribution is 2.35.